The molecular weight excluding hydrogens is 210 g/mol. The Hall–Kier alpha value is -1.96. The predicted molar refractivity (Wildman–Crippen MR) is 69.0 cm³/mol. The molecule has 0 aliphatic carbocycles. The zero-order chi connectivity index (χ0) is 12.3. The van der Waals surface area contributed by atoms with Crippen molar-refractivity contribution in [2.45, 2.75) is 20.3 Å². The molecule has 1 aromatic carbocycles. The molecule has 0 radical (unpaired) electrons. The van der Waals surface area contributed by atoms with E-state index >= 15 is 0 Å². The van der Waals surface area contributed by atoms with Gasteiger partial charge in [0.2, 0.25) is 0 Å². The molecule has 0 saturated carbocycles. The maximum absolute atomic E-state index is 11.5. The Morgan fingerprint density at radius 1 is 1.06 bits per heavy atom. The van der Waals surface area contributed by atoms with Crippen molar-refractivity contribution in [2.75, 3.05) is 0 Å². The van der Waals surface area contributed by atoms with Crippen LogP contribution in [0.4, 0.5) is 0 Å². The van der Waals surface area contributed by atoms with E-state index in [-0.39, 0.29) is 5.78 Å². The van der Waals surface area contributed by atoms with Gasteiger partial charge in [0.25, 0.3) is 0 Å². The van der Waals surface area contributed by atoms with E-state index in [1.807, 2.05) is 56.4 Å². The fourth-order valence-corrected chi connectivity index (χ4v) is 1.69. The summed E-state index contributed by atoms with van der Waals surface area (Å²) in [6, 6.07) is 11.7. The van der Waals surface area contributed by atoms with E-state index in [2.05, 4.69) is 4.98 Å². The first-order valence-electron chi connectivity index (χ1n) is 5.77. The summed E-state index contributed by atoms with van der Waals surface area (Å²) < 4.78 is 0. The molecule has 2 aromatic rings. The van der Waals surface area contributed by atoms with Crippen LogP contribution in [0.3, 0.4) is 0 Å². The van der Waals surface area contributed by atoms with Crippen LogP contribution in [-0.2, 0) is 0 Å². The van der Waals surface area contributed by atoms with Gasteiger partial charge in [-0.2, -0.15) is 0 Å². The van der Waals surface area contributed by atoms with Gasteiger partial charge < -0.3 is 0 Å². The second-order valence-corrected chi connectivity index (χ2v) is 4.04. The Morgan fingerprint density at radius 3 is 2.24 bits per heavy atom. The maximum atomic E-state index is 11.5. The third kappa shape index (κ3) is 2.59. The van der Waals surface area contributed by atoms with Crippen molar-refractivity contribution in [1.82, 2.24) is 4.98 Å². The molecule has 0 aliphatic rings. The van der Waals surface area contributed by atoms with Crippen molar-refractivity contribution < 1.29 is 4.79 Å². The second-order valence-electron chi connectivity index (χ2n) is 4.04. The number of aryl methyl sites for hydroxylation is 1. The van der Waals surface area contributed by atoms with Crippen LogP contribution < -0.4 is 0 Å². The summed E-state index contributed by atoms with van der Waals surface area (Å²) in [6.45, 7) is 3.84. The van der Waals surface area contributed by atoms with Gasteiger partial charge in [-0.25, -0.2) is 0 Å². The van der Waals surface area contributed by atoms with Gasteiger partial charge >= 0.3 is 0 Å². The Morgan fingerprint density at radius 2 is 1.71 bits per heavy atom. The van der Waals surface area contributed by atoms with Crippen LogP contribution in [0.5, 0.6) is 0 Å². The van der Waals surface area contributed by atoms with Crippen LogP contribution >= 0.6 is 0 Å². The molecule has 1 aromatic heterocycles. The van der Waals surface area contributed by atoms with E-state index in [9.17, 15) is 4.79 Å². The fraction of sp³-hybridized carbons (Fsp3) is 0.200. The number of carbonyl (C=O) groups is 1. The molecule has 2 heteroatoms. The first-order chi connectivity index (χ1) is 8.20. The van der Waals surface area contributed by atoms with Crippen LogP contribution in [0.15, 0.2) is 42.6 Å². The Balaban J connectivity index is 2.29. The minimum absolute atomic E-state index is 0.179. The van der Waals surface area contributed by atoms with E-state index in [4.69, 9.17) is 0 Å². The lowest BCUT2D eigenvalue weighted by Gasteiger charge is -2.03. The summed E-state index contributed by atoms with van der Waals surface area (Å²) in [5.41, 5.74) is 3.94. The van der Waals surface area contributed by atoms with E-state index in [0.29, 0.717) is 6.42 Å². The second kappa shape index (κ2) is 4.91. The predicted octanol–water partition coefficient (Wildman–Crippen LogP) is 3.65. The average molecular weight is 225 g/mol. The van der Waals surface area contributed by atoms with Gasteiger partial charge in [0.05, 0.1) is 0 Å². The molecule has 17 heavy (non-hydrogen) atoms. The van der Waals surface area contributed by atoms with Crippen molar-refractivity contribution in [3.63, 3.8) is 0 Å². The SMILES string of the molecule is CCC(=O)c1ccc(-c2ccc(C)nc2)cc1. The number of carbonyl (C=O) groups excluding carboxylic acids is 1. The smallest absolute Gasteiger partial charge is 0.162 e. The lowest BCUT2D eigenvalue weighted by Crippen LogP contribution is -1.95. The minimum atomic E-state index is 0.179. The van der Waals surface area contributed by atoms with Gasteiger partial charge in [-0.1, -0.05) is 37.3 Å². The number of ketones is 1. The van der Waals surface area contributed by atoms with Crippen LogP contribution in [0.2, 0.25) is 0 Å². The van der Waals surface area contributed by atoms with E-state index in [0.717, 1.165) is 22.4 Å². The third-order valence-electron chi connectivity index (χ3n) is 2.77. The largest absolute Gasteiger partial charge is 0.294 e. The number of hydrogen-bond acceptors (Lipinski definition) is 2. The van der Waals surface area contributed by atoms with Crippen LogP contribution in [0.1, 0.15) is 29.4 Å². The van der Waals surface area contributed by atoms with Crippen molar-refractivity contribution in [3.8, 4) is 11.1 Å². The highest BCUT2D eigenvalue weighted by Crippen LogP contribution is 2.19. The maximum Gasteiger partial charge on any atom is 0.162 e. The highest BCUT2D eigenvalue weighted by atomic mass is 16.1. The topological polar surface area (TPSA) is 30.0 Å². The summed E-state index contributed by atoms with van der Waals surface area (Å²) in [5.74, 6) is 0.179. The molecule has 0 N–H and O–H groups in total. The molecular formula is C15H15NO. The Bertz CT molecular complexity index is 512. The highest BCUT2D eigenvalue weighted by molar-refractivity contribution is 5.96. The normalized spacial score (nSPS) is 10.2. The molecule has 0 bridgehead atoms. The van der Waals surface area contributed by atoms with E-state index < -0.39 is 0 Å². The molecule has 0 spiro atoms. The molecule has 0 unspecified atom stereocenters. The third-order valence-corrected chi connectivity index (χ3v) is 2.77. The summed E-state index contributed by atoms with van der Waals surface area (Å²) in [5, 5.41) is 0. The number of rotatable bonds is 3. The van der Waals surface area contributed by atoms with Gasteiger partial charge in [-0.05, 0) is 18.6 Å². The van der Waals surface area contributed by atoms with E-state index in [1.165, 1.54) is 0 Å². The monoisotopic (exact) mass is 225 g/mol. The van der Waals surface area contributed by atoms with Crippen LogP contribution in [0.25, 0.3) is 11.1 Å². The summed E-state index contributed by atoms with van der Waals surface area (Å²) >= 11 is 0. The summed E-state index contributed by atoms with van der Waals surface area (Å²) in [6.07, 6.45) is 2.40. The molecule has 1 heterocycles. The summed E-state index contributed by atoms with van der Waals surface area (Å²) in [4.78, 5) is 15.8. The molecule has 0 fully saturated rings. The van der Waals surface area contributed by atoms with Crippen LogP contribution in [-0.4, -0.2) is 10.8 Å². The fourth-order valence-electron chi connectivity index (χ4n) is 1.69. The molecule has 0 saturated heterocycles. The van der Waals surface area contributed by atoms with Gasteiger partial charge in [0.15, 0.2) is 5.78 Å². The zero-order valence-electron chi connectivity index (χ0n) is 10.1. The number of Topliss-reactive ketones (excluding diaryl/α,β-unsaturated/α-hetero) is 1. The molecule has 2 rings (SSSR count). The number of nitrogens with zero attached hydrogens (tertiary/aromatic N) is 1. The minimum Gasteiger partial charge on any atom is -0.294 e. The Kier molecular flexibility index (Phi) is 3.33. The molecule has 2 nitrogen and oxygen atoms in total. The quantitative estimate of drug-likeness (QED) is 0.746. The number of benzene rings is 1. The molecule has 0 atom stereocenters. The molecule has 0 amide bonds. The van der Waals surface area contributed by atoms with Gasteiger partial charge in [-0.15, -0.1) is 0 Å². The van der Waals surface area contributed by atoms with Gasteiger partial charge in [0.1, 0.15) is 0 Å². The lowest BCUT2D eigenvalue weighted by atomic mass is 10.0. The summed E-state index contributed by atoms with van der Waals surface area (Å²) in [7, 11) is 0. The van der Waals surface area contributed by atoms with Crippen molar-refractivity contribution >= 4 is 5.78 Å². The van der Waals surface area contributed by atoms with Crippen molar-refractivity contribution in [2.24, 2.45) is 0 Å². The molecule has 0 aliphatic heterocycles. The van der Waals surface area contributed by atoms with Crippen molar-refractivity contribution in [3.05, 3.63) is 53.9 Å². The average Bonchev–Trinajstić information content (AvgIpc) is 2.39. The van der Waals surface area contributed by atoms with Gasteiger partial charge in [-0.3, -0.25) is 9.78 Å². The number of pyridine rings is 1. The van der Waals surface area contributed by atoms with Crippen molar-refractivity contribution in [1.29, 1.82) is 0 Å². The highest BCUT2D eigenvalue weighted by Gasteiger charge is 2.03. The van der Waals surface area contributed by atoms with Crippen LogP contribution in [0, 0.1) is 6.92 Å². The lowest BCUT2D eigenvalue weighted by molar-refractivity contribution is 0.0988. The Labute approximate surface area is 101 Å². The van der Waals surface area contributed by atoms with Gasteiger partial charge in [0, 0.05) is 29.4 Å². The standard InChI is InChI=1S/C15H15NO/c1-3-15(17)13-8-6-12(7-9-13)14-5-4-11(2)16-10-14/h4-10H,3H2,1-2H3. The molecule has 86 valence electrons. The number of hydrogen-bond donors (Lipinski definition) is 0. The van der Waals surface area contributed by atoms with E-state index in [1.54, 1.807) is 0 Å². The zero-order valence-corrected chi connectivity index (χ0v) is 10.1. The first kappa shape index (κ1) is 11.5. The number of aromatic nitrogens is 1. The first-order valence-corrected chi connectivity index (χ1v) is 5.77.